The van der Waals surface area contributed by atoms with Gasteiger partial charge in [0, 0.05) is 9.75 Å². The molecule has 3 heterocycles. The van der Waals surface area contributed by atoms with E-state index in [1.807, 2.05) is 6.07 Å². The predicted molar refractivity (Wildman–Crippen MR) is 79.1 cm³/mol. The summed E-state index contributed by atoms with van der Waals surface area (Å²) in [7, 11) is 0. The third-order valence-electron chi connectivity index (χ3n) is 2.97. The molecule has 0 unspecified atom stereocenters. The summed E-state index contributed by atoms with van der Waals surface area (Å²) in [5.41, 5.74) is 9.33. The Balaban J connectivity index is 2.19. The molecule has 18 heavy (non-hydrogen) atoms. The van der Waals surface area contributed by atoms with Crippen molar-refractivity contribution in [3.05, 3.63) is 34.0 Å². The van der Waals surface area contributed by atoms with Gasteiger partial charge in [-0.3, -0.25) is 5.10 Å². The van der Waals surface area contributed by atoms with Gasteiger partial charge in [0.15, 0.2) is 5.82 Å². The maximum absolute atomic E-state index is 5.98. The Labute approximate surface area is 113 Å². The van der Waals surface area contributed by atoms with Crippen LogP contribution in [0.15, 0.2) is 23.6 Å². The molecule has 5 heteroatoms. The number of rotatable bonds is 2. The summed E-state index contributed by atoms with van der Waals surface area (Å²) in [6, 6.07) is 6.29. The number of anilines is 1. The van der Waals surface area contributed by atoms with Gasteiger partial charge in [-0.05, 0) is 36.9 Å². The van der Waals surface area contributed by atoms with Gasteiger partial charge in [0.1, 0.15) is 0 Å². The quantitative estimate of drug-likeness (QED) is 0.741. The summed E-state index contributed by atoms with van der Waals surface area (Å²) in [6.45, 7) is 4.26. The largest absolute Gasteiger partial charge is 0.382 e. The molecule has 3 aromatic rings. The topological polar surface area (TPSA) is 54.7 Å². The van der Waals surface area contributed by atoms with Crippen molar-refractivity contribution in [3.8, 4) is 21.0 Å². The Kier molecular flexibility index (Phi) is 2.72. The van der Waals surface area contributed by atoms with E-state index in [1.54, 1.807) is 22.7 Å². The normalized spacial score (nSPS) is 11.0. The van der Waals surface area contributed by atoms with Crippen LogP contribution in [0.3, 0.4) is 0 Å². The highest BCUT2D eigenvalue weighted by Crippen LogP contribution is 2.40. The lowest BCUT2D eigenvalue weighted by Crippen LogP contribution is -1.86. The van der Waals surface area contributed by atoms with Crippen LogP contribution in [-0.2, 0) is 0 Å². The second kappa shape index (κ2) is 4.26. The van der Waals surface area contributed by atoms with Gasteiger partial charge in [-0.1, -0.05) is 6.07 Å². The van der Waals surface area contributed by atoms with Crippen LogP contribution in [0.4, 0.5) is 5.82 Å². The average molecular weight is 275 g/mol. The number of aromatic amines is 1. The summed E-state index contributed by atoms with van der Waals surface area (Å²) in [6.07, 6.45) is 0. The van der Waals surface area contributed by atoms with Crippen LogP contribution in [0.2, 0.25) is 0 Å². The molecule has 0 atom stereocenters. The number of nitrogen functional groups attached to an aromatic ring is 1. The number of thiophene rings is 2. The zero-order valence-electron chi connectivity index (χ0n) is 10.2. The van der Waals surface area contributed by atoms with E-state index in [0.717, 1.165) is 16.1 Å². The molecule has 92 valence electrons. The molecular formula is C13H13N3S2. The number of nitrogens with one attached hydrogen (secondary N) is 1. The van der Waals surface area contributed by atoms with Crippen molar-refractivity contribution in [1.29, 1.82) is 0 Å². The third kappa shape index (κ3) is 1.76. The van der Waals surface area contributed by atoms with E-state index in [0.29, 0.717) is 5.82 Å². The predicted octanol–water partition coefficient (Wildman–Crippen LogP) is 4.07. The molecule has 0 spiro atoms. The molecule has 0 aliphatic rings. The maximum atomic E-state index is 5.98. The second-order valence-electron chi connectivity index (χ2n) is 4.19. The summed E-state index contributed by atoms with van der Waals surface area (Å²) in [5, 5.41) is 9.27. The highest BCUT2D eigenvalue weighted by molar-refractivity contribution is 7.16. The van der Waals surface area contributed by atoms with Crippen LogP contribution < -0.4 is 5.73 Å². The van der Waals surface area contributed by atoms with Crippen LogP contribution >= 0.6 is 22.7 Å². The Hall–Kier alpha value is -1.59. The van der Waals surface area contributed by atoms with Crippen LogP contribution in [0.25, 0.3) is 21.0 Å². The lowest BCUT2D eigenvalue weighted by Gasteiger charge is -1.98. The van der Waals surface area contributed by atoms with Crippen LogP contribution in [-0.4, -0.2) is 10.2 Å². The Morgan fingerprint density at radius 3 is 2.72 bits per heavy atom. The van der Waals surface area contributed by atoms with Crippen LogP contribution in [0.5, 0.6) is 0 Å². The monoisotopic (exact) mass is 275 g/mol. The molecule has 3 rings (SSSR count). The van der Waals surface area contributed by atoms with Gasteiger partial charge in [0.2, 0.25) is 0 Å². The first-order chi connectivity index (χ1) is 8.66. The zero-order chi connectivity index (χ0) is 12.7. The molecule has 0 saturated carbocycles. The van der Waals surface area contributed by atoms with Crippen molar-refractivity contribution in [1.82, 2.24) is 10.2 Å². The molecule has 3 N–H and O–H groups in total. The standard InChI is InChI=1S/C13H13N3S2/c1-7-6-10(18-8(7)2)12-11(13(14)16-15-12)9-4-3-5-17-9/h3-6H,1-2H3,(H3,14,15,16). The molecular weight excluding hydrogens is 262 g/mol. The van der Waals surface area contributed by atoms with E-state index in [-0.39, 0.29) is 0 Å². The van der Waals surface area contributed by atoms with Gasteiger partial charge in [0.05, 0.1) is 16.1 Å². The Morgan fingerprint density at radius 2 is 2.11 bits per heavy atom. The summed E-state index contributed by atoms with van der Waals surface area (Å²) >= 11 is 3.45. The minimum Gasteiger partial charge on any atom is -0.382 e. The summed E-state index contributed by atoms with van der Waals surface area (Å²) < 4.78 is 0. The maximum Gasteiger partial charge on any atom is 0.154 e. The Bertz CT molecular complexity index is 658. The van der Waals surface area contributed by atoms with E-state index in [9.17, 15) is 0 Å². The lowest BCUT2D eigenvalue weighted by atomic mass is 10.1. The number of aryl methyl sites for hydroxylation is 2. The minimum atomic E-state index is 0.566. The molecule has 0 saturated heterocycles. The molecule has 3 nitrogen and oxygen atoms in total. The van der Waals surface area contributed by atoms with Crippen molar-refractivity contribution in [3.63, 3.8) is 0 Å². The molecule has 0 bridgehead atoms. The fourth-order valence-corrected chi connectivity index (χ4v) is 3.72. The smallest absolute Gasteiger partial charge is 0.154 e. The third-order valence-corrected chi connectivity index (χ3v) is 5.03. The van der Waals surface area contributed by atoms with Gasteiger partial charge in [0.25, 0.3) is 0 Å². The highest BCUT2D eigenvalue weighted by Gasteiger charge is 2.17. The first-order valence-electron chi connectivity index (χ1n) is 5.62. The lowest BCUT2D eigenvalue weighted by molar-refractivity contribution is 1.11. The second-order valence-corrected chi connectivity index (χ2v) is 6.39. The summed E-state index contributed by atoms with van der Waals surface area (Å²) in [4.78, 5) is 3.67. The van der Waals surface area contributed by atoms with Gasteiger partial charge in [-0.25, -0.2) is 0 Å². The van der Waals surface area contributed by atoms with E-state index in [4.69, 9.17) is 5.73 Å². The fourth-order valence-electron chi connectivity index (χ4n) is 1.90. The minimum absolute atomic E-state index is 0.566. The number of aromatic nitrogens is 2. The number of hydrogen-bond donors (Lipinski definition) is 2. The van der Waals surface area contributed by atoms with E-state index in [2.05, 4.69) is 41.6 Å². The van der Waals surface area contributed by atoms with E-state index < -0.39 is 0 Å². The Morgan fingerprint density at radius 1 is 1.28 bits per heavy atom. The van der Waals surface area contributed by atoms with Crippen molar-refractivity contribution in [2.24, 2.45) is 0 Å². The molecule has 0 amide bonds. The summed E-state index contributed by atoms with van der Waals surface area (Å²) in [5.74, 6) is 0.566. The molecule has 3 aromatic heterocycles. The van der Waals surface area contributed by atoms with Gasteiger partial charge in [-0.15, -0.1) is 22.7 Å². The SMILES string of the molecule is Cc1cc(-c2[nH]nc(N)c2-c2cccs2)sc1C. The van der Waals surface area contributed by atoms with E-state index >= 15 is 0 Å². The van der Waals surface area contributed by atoms with Gasteiger partial charge >= 0.3 is 0 Å². The number of nitrogens with zero attached hydrogens (tertiary/aromatic N) is 1. The van der Waals surface area contributed by atoms with Crippen molar-refractivity contribution in [2.75, 3.05) is 5.73 Å². The molecule has 0 fully saturated rings. The molecule has 0 aromatic carbocycles. The fraction of sp³-hybridized carbons (Fsp3) is 0.154. The van der Waals surface area contributed by atoms with Crippen molar-refractivity contribution < 1.29 is 0 Å². The molecule has 0 aliphatic heterocycles. The van der Waals surface area contributed by atoms with Crippen molar-refractivity contribution >= 4 is 28.5 Å². The molecule has 0 radical (unpaired) electrons. The molecule has 0 aliphatic carbocycles. The zero-order valence-corrected chi connectivity index (χ0v) is 11.8. The van der Waals surface area contributed by atoms with E-state index in [1.165, 1.54) is 15.3 Å². The number of nitrogens with two attached hydrogens (primary N) is 1. The van der Waals surface area contributed by atoms with Crippen LogP contribution in [0.1, 0.15) is 10.4 Å². The first-order valence-corrected chi connectivity index (χ1v) is 7.31. The first kappa shape index (κ1) is 11.5. The van der Waals surface area contributed by atoms with Gasteiger partial charge in [-0.2, -0.15) is 5.10 Å². The number of H-pyrrole nitrogens is 1. The van der Waals surface area contributed by atoms with Gasteiger partial charge < -0.3 is 5.73 Å². The van der Waals surface area contributed by atoms with Crippen molar-refractivity contribution in [2.45, 2.75) is 13.8 Å². The van der Waals surface area contributed by atoms with Crippen LogP contribution in [0, 0.1) is 13.8 Å². The highest BCUT2D eigenvalue weighted by atomic mass is 32.1. The average Bonchev–Trinajstić information content (AvgIpc) is 3.01. The number of hydrogen-bond acceptors (Lipinski definition) is 4.